The van der Waals surface area contributed by atoms with E-state index < -0.39 is 50.4 Å². The molecule has 0 fully saturated rings. The molecule has 0 saturated heterocycles. The average Bonchev–Trinajstić information content (AvgIpc) is 2.80. The van der Waals surface area contributed by atoms with Gasteiger partial charge >= 0.3 is 18.1 Å². The Kier molecular flexibility index (Phi) is 11.4. The fourth-order valence-electron chi connectivity index (χ4n) is 3.20. The van der Waals surface area contributed by atoms with Crippen LogP contribution in [0.25, 0.3) is 0 Å². The van der Waals surface area contributed by atoms with Crippen LogP contribution in [0.5, 0.6) is 5.75 Å². The predicted molar refractivity (Wildman–Crippen MR) is 150 cm³/mol. The third-order valence-corrected chi connectivity index (χ3v) is 7.58. The van der Waals surface area contributed by atoms with Gasteiger partial charge in [0.1, 0.15) is 16.5 Å². The number of anilines is 2. The maximum Gasteiger partial charge on any atom is 0.408 e. The summed E-state index contributed by atoms with van der Waals surface area (Å²) in [5, 5.41) is 26.9. The van der Waals surface area contributed by atoms with Gasteiger partial charge in [-0.1, -0.05) is 23.7 Å². The molecule has 12 nitrogen and oxygen atoms in total. The van der Waals surface area contributed by atoms with Crippen LogP contribution in [0.2, 0.25) is 5.02 Å². The van der Waals surface area contributed by atoms with Gasteiger partial charge in [-0.3, -0.25) is 0 Å². The number of benzene rings is 2. The highest BCUT2D eigenvalue weighted by Crippen LogP contribution is 2.37. The number of carbonyl (C=O) groups is 3. The Bertz CT molecular complexity index is 1320. The molecule has 0 radical (unpaired) electrons. The number of unbranched alkanes of at least 4 members (excludes halogenated alkanes) is 1. The summed E-state index contributed by atoms with van der Waals surface area (Å²) in [5.74, 6) is -2.02. The van der Waals surface area contributed by atoms with Gasteiger partial charge in [-0.2, -0.15) is 0 Å². The number of carbonyl (C=O) groups excluding carboxylic acids is 2. The summed E-state index contributed by atoms with van der Waals surface area (Å²) < 4.78 is 33.7. The van der Waals surface area contributed by atoms with Crippen LogP contribution in [0, 0.1) is 0 Å². The molecule has 2 aromatic rings. The van der Waals surface area contributed by atoms with Crippen molar-refractivity contribution in [1.82, 2.24) is 10.0 Å². The molecule has 1 atom stereocenters. The molecule has 0 aliphatic rings. The molecule has 6 N–H and O–H groups in total. The van der Waals surface area contributed by atoms with E-state index in [1.54, 1.807) is 45.0 Å². The van der Waals surface area contributed by atoms with E-state index in [1.165, 1.54) is 12.1 Å². The van der Waals surface area contributed by atoms with Crippen molar-refractivity contribution in [1.29, 1.82) is 0 Å². The molecule has 0 saturated carbocycles. The summed E-state index contributed by atoms with van der Waals surface area (Å²) in [6.07, 6.45) is -0.400. The first-order chi connectivity index (χ1) is 18.1. The van der Waals surface area contributed by atoms with Gasteiger partial charge in [0, 0.05) is 11.0 Å². The van der Waals surface area contributed by atoms with Gasteiger partial charge in [-0.05, 0) is 80.2 Å². The molecule has 0 spiro atoms. The number of carboxylic acid groups (broad SMARTS) is 1. The van der Waals surface area contributed by atoms with Crippen LogP contribution in [0.3, 0.4) is 0 Å². The number of sulfonamides is 1. The number of alkyl carbamates (subject to hydrolysis) is 1. The fourth-order valence-corrected chi connectivity index (χ4v) is 5.29. The molecule has 3 amide bonds. The molecule has 0 heterocycles. The minimum atomic E-state index is -4.32. The summed E-state index contributed by atoms with van der Waals surface area (Å²) in [4.78, 5) is 35.1. The van der Waals surface area contributed by atoms with E-state index in [9.17, 15) is 33.0 Å². The molecular formula is C24H30BrClN4O8S. The lowest BCUT2D eigenvalue weighted by molar-refractivity contribution is -0.139. The number of aliphatic carboxylic acids is 1. The number of halogens is 2. The Morgan fingerprint density at radius 3 is 2.31 bits per heavy atom. The largest absolute Gasteiger partial charge is 0.504 e. The van der Waals surface area contributed by atoms with Crippen LogP contribution in [-0.4, -0.2) is 54.9 Å². The van der Waals surface area contributed by atoms with E-state index in [4.69, 9.17) is 16.3 Å². The van der Waals surface area contributed by atoms with Crippen LogP contribution in [0.4, 0.5) is 21.0 Å². The zero-order valence-electron chi connectivity index (χ0n) is 21.4. The highest BCUT2D eigenvalue weighted by Gasteiger charge is 2.26. The molecular weight excluding hydrogens is 620 g/mol. The highest BCUT2D eigenvalue weighted by molar-refractivity contribution is 9.10. The Morgan fingerprint density at radius 2 is 1.69 bits per heavy atom. The smallest absolute Gasteiger partial charge is 0.408 e. The van der Waals surface area contributed by atoms with Crippen molar-refractivity contribution in [3.63, 3.8) is 0 Å². The second-order valence-corrected chi connectivity index (χ2v) is 12.2. The third kappa shape index (κ3) is 10.2. The van der Waals surface area contributed by atoms with Crippen LogP contribution < -0.4 is 20.7 Å². The predicted octanol–water partition coefficient (Wildman–Crippen LogP) is 4.88. The average molecular weight is 650 g/mol. The molecule has 1 unspecified atom stereocenters. The molecule has 2 aromatic carbocycles. The van der Waals surface area contributed by atoms with E-state index in [0.717, 1.165) is 0 Å². The Morgan fingerprint density at radius 1 is 1.05 bits per heavy atom. The van der Waals surface area contributed by atoms with Crippen LogP contribution in [0.1, 0.15) is 40.0 Å². The first kappa shape index (κ1) is 32.1. The van der Waals surface area contributed by atoms with E-state index in [0.29, 0.717) is 10.2 Å². The van der Waals surface area contributed by atoms with Crippen molar-refractivity contribution in [3.05, 3.63) is 45.9 Å². The lowest BCUT2D eigenvalue weighted by Gasteiger charge is -2.22. The lowest BCUT2D eigenvalue weighted by atomic mass is 10.1. The molecule has 2 rings (SSSR count). The number of amides is 3. The number of phenols is 1. The molecule has 0 bridgehead atoms. The topological polar surface area (TPSA) is 183 Å². The van der Waals surface area contributed by atoms with Crippen molar-refractivity contribution in [2.24, 2.45) is 0 Å². The Labute approximate surface area is 239 Å². The molecule has 0 aliphatic carbocycles. The number of nitrogens with one attached hydrogen (secondary N) is 4. The van der Waals surface area contributed by atoms with Crippen LogP contribution in [0.15, 0.2) is 45.8 Å². The quantitative estimate of drug-likeness (QED) is 0.147. The van der Waals surface area contributed by atoms with Gasteiger partial charge in [0.2, 0.25) is 10.0 Å². The maximum absolute atomic E-state index is 12.9. The van der Waals surface area contributed by atoms with Gasteiger partial charge in [0.05, 0.1) is 16.4 Å². The number of para-hydroxylation sites is 1. The second-order valence-electron chi connectivity index (χ2n) is 9.26. The monoisotopic (exact) mass is 648 g/mol. The Balaban J connectivity index is 1.98. The SMILES string of the molecule is CC(C)(C)OC(=O)NC(CCCCNS(=O)(=O)c1c(Cl)ccc(NC(=O)Nc2ccccc2Br)c1O)C(=O)O. The van der Waals surface area contributed by atoms with Crippen molar-refractivity contribution in [2.45, 2.75) is 56.6 Å². The Hall–Kier alpha value is -3.07. The normalized spacial score (nSPS) is 12.3. The highest BCUT2D eigenvalue weighted by atomic mass is 79.9. The number of hydrogen-bond donors (Lipinski definition) is 6. The van der Waals surface area contributed by atoms with Gasteiger partial charge < -0.3 is 30.9 Å². The van der Waals surface area contributed by atoms with Crippen LogP contribution in [-0.2, 0) is 19.6 Å². The minimum absolute atomic E-state index is 0.0222. The van der Waals surface area contributed by atoms with Gasteiger partial charge in [0.15, 0.2) is 5.75 Å². The number of aromatic hydroxyl groups is 1. The van der Waals surface area contributed by atoms with E-state index in [2.05, 4.69) is 36.6 Å². The molecule has 0 aliphatic heterocycles. The number of urea groups is 1. The second kappa shape index (κ2) is 13.8. The molecule has 214 valence electrons. The summed E-state index contributed by atoms with van der Waals surface area (Å²) in [7, 11) is -4.32. The van der Waals surface area contributed by atoms with Gasteiger partial charge in [-0.25, -0.2) is 27.5 Å². The first-order valence-electron chi connectivity index (χ1n) is 11.7. The molecule has 39 heavy (non-hydrogen) atoms. The number of hydrogen-bond acceptors (Lipinski definition) is 7. The number of ether oxygens (including phenoxy) is 1. The van der Waals surface area contributed by atoms with Gasteiger partial charge in [0.25, 0.3) is 0 Å². The van der Waals surface area contributed by atoms with E-state index in [1.807, 2.05) is 0 Å². The molecule has 0 aromatic heterocycles. The first-order valence-corrected chi connectivity index (χ1v) is 14.3. The zero-order chi connectivity index (χ0) is 29.4. The fraction of sp³-hybridized carbons (Fsp3) is 0.375. The van der Waals surface area contributed by atoms with E-state index >= 15 is 0 Å². The van der Waals surface area contributed by atoms with Gasteiger partial charge in [-0.15, -0.1) is 0 Å². The minimum Gasteiger partial charge on any atom is -0.504 e. The third-order valence-electron chi connectivity index (χ3n) is 4.92. The summed E-state index contributed by atoms with van der Waals surface area (Å²) in [6, 6.07) is 7.32. The van der Waals surface area contributed by atoms with Crippen molar-refractivity contribution >= 4 is 67.0 Å². The van der Waals surface area contributed by atoms with Crippen molar-refractivity contribution < 1.29 is 37.8 Å². The summed E-state index contributed by atoms with van der Waals surface area (Å²) in [6.45, 7) is 4.81. The lowest BCUT2D eigenvalue weighted by Crippen LogP contribution is -2.43. The van der Waals surface area contributed by atoms with Crippen molar-refractivity contribution in [2.75, 3.05) is 17.2 Å². The summed E-state index contributed by atoms with van der Waals surface area (Å²) >= 11 is 9.35. The van der Waals surface area contributed by atoms with Crippen LogP contribution >= 0.6 is 27.5 Å². The van der Waals surface area contributed by atoms with Crippen molar-refractivity contribution in [3.8, 4) is 5.75 Å². The van der Waals surface area contributed by atoms with E-state index in [-0.39, 0.29) is 36.5 Å². The standard InChI is InChI=1S/C24H30BrClN4O8S/c1-24(2,3)38-23(35)30-18(21(32)33)10-6-7-13-27-39(36,37)20-15(26)11-12-17(19(20)31)29-22(34)28-16-9-5-4-8-14(16)25/h4-5,8-9,11-12,18,27,31H,6-7,10,13H2,1-3H3,(H,30,35)(H,32,33)(H2,28,29,34). The maximum atomic E-state index is 12.9. The summed E-state index contributed by atoms with van der Waals surface area (Å²) in [5.41, 5.74) is -0.542. The zero-order valence-corrected chi connectivity index (χ0v) is 24.5. The number of carboxylic acids is 1. The molecule has 15 heteroatoms. The number of rotatable bonds is 11. The number of phenolic OH excluding ortho intramolecular Hbond substituents is 1.